The van der Waals surface area contributed by atoms with E-state index in [2.05, 4.69) is 32.8 Å². The van der Waals surface area contributed by atoms with Crippen LogP contribution in [0.15, 0.2) is 60.8 Å². The zero-order valence-corrected chi connectivity index (χ0v) is 39.7. The molecule has 0 spiro atoms. The van der Waals surface area contributed by atoms with Crippen LogP contribution in [0.25, 0.3) is 22.5 Å². The summed E-state index contributed by atoms with van der Waals surface area (Å²) in [6.07, 6.45) is 0.736. The number of hydrogen-bond donors (Lipinski definition) is 11. The van der Waals surface area contributed by atoms with Crippen LogP contribution in [0.3, 0.4) is 0 Å². The smallest absolute Gasteiger partial charge is 0.326 e. The monoisotopic (exact) mass is 990 g/mol. The normalized spacial score (nSPS) is 19.0. The van der Waals surface area contributed by atoms with E-state index in [0.717, 1.165) is 24.8 Å². The number of nitrogens with two attached hydrogens (primary N) is 3. The van der Waals surface area contributed by atoms with E-state index >= 15 is 0 Å². The van der Waals surface area contributed by atoms with Gasteiger partial charge < -0.3 is 62.2 Å². The van der Waals surface area contributed by atoms with E-state index in [1.807, 2.05) is 29.0 Å². The predicted octanol–water partition coefficient (Wildman–Crippen LogP) is -1.01. The summed E-state index contributed by atoms with van der Waals surface area (Å²) in [7, 11) is -3.36. The minimum absolute atomic E-state index is 0.0174. The number of likely N-dealkylation sites (N-methyl/N-ethyl adjacent to an activating group) is 1. The molecular weight excluding hydrogens is 933 g/mol. The minimum atomic E-state index is -4.51. The van der Waals surface area contributed by atoms with E-state index in [0.29, 0.717) is 17.0 Å². The zero-order chi connectivity index (χ0) is 51.2. The number of carbonyl (C=O) groups excluding carboxylic acids is 4. The maximum Gasteiger partial charge on any atom is 0.326 e. The van der Waals surface area contributed by atoms with Gasteiger partial charge in [-0.3, -0.25) is 19.2 Å². The average Bonchev–Trinajstić information content (AvgIpc) is 4.08. The highest BCUT2D eigenvalue weighted by Crippen LogP contribution is 2.48. The topological polar surface area (TPSA) is 374 Å². The van der Waals surface area contributed by atoms with Crippen molar-refractivity contribution in [1.82, 2.24) is 35.5 Å². The number of phenolic OH excluding ortho intramolecular Hbond substituents is 1. The second-order valence-electron chi connectivity index (χ2n) is 17.6. The third-order valence-electron chi connectivity index (χ3n) is 12.1. The fraction of sp³-hybridized carbons (Fsp3) is 0.413. The molecule has 4 amide bonds. The number of fused-ring (bicyclic) bond motifs is 5. The second-order valence-corrected chi connectivity index (χ2v) is 19.0. The van der Waals surface area contributed by atoms with Crippen molar-refractivity contribution in [3.8, 4) is 39.8 Å². The van der Waals surface area contributed by atoms with Gasteiger partial charge in [0.15, 0.2) is 17.3 Å². The third kappa shape index (κ3) is 12.7. The van der Waals surface area contributed by atoms with Crippen LogP contribution in [-0.2, 0) is 41.2 Å². The summed E-state index contributed by atoms with van der Waals surface area (Å²) in [5, 5.41) is 55.3. The molecule has 4 aromatic rings. The van der Waals surface area contributed by atoms with Gasteiger partial charge >= 0.3 is 5.97 Å². The number of ether oxygens (including phenoxy) is 2. The number of rotatable bonds is 18. The molecule has 3 aromatic carbocycles. The number of nitrogens with zero attached hydrogens (tertiary/aromatic N) is 3. The largest absolute Gasteiger partial charge is 0.504 e. The molecule has 0 saturated heterocycles. The number of aromatic hydroxyl groups is 1. The number of phenols is 1. The number of carboxylic acid groups (broad SMARTS) is 1. The molecule has 376 valence electrons. The molecule has 0 unspecified atom stereocenters. The summed E-state index contributed by atoms with van der Waals surface area (Å²) in [6, 6.07) is 7.95. The minimum Gasteiger partial charge on any atom is -0.504 e. The number of aromatic nitrogens is 2. The molecule has 4 bridgehead atoms. The second kappa shape index (κ2) is 21.9. The van der Waals surface area contributed by atoms with Crippen LogP contribution in [0.5, 0.6) is 17.2 Å². The van der Waals surface area contributed by atoms with E-state index in [1.165, 1.54) is 49.0 Å². The van der Waals surface area contributed by atoms with Crippen LogP contribution in [0, 0.1) is 6.92 Å². The van der Waals surface area contributed by atoms with Crippen LogP contribution < -0.4 is 46.8 Å². The Kier molecular flexibility index (Phi) is 16.4. The number of amides is 4. The van der Waals surface area contributed by atoms with Gasteiger partial charge in [0.25, 0.3) is 16.1 Å². The third-order valence-corrected chi connectivity index (χ3v) is 12.7. The SMILES string of the molecule is Cc1nc(-c2ccc(C3(C)CC3)cc2)ncc1C(=O)N[C@@H](CNS(N)(=O)=O)C(=O)N(C)[C@@H]1C(=O)N[C@@H](C)C(=O)N[C@H](C(=O)O)Cc2ccc(OC[C@H](O)CN)c(c2)-c2cc1cc(OC[C@H](O)CN)c2O. The molecular formula is C46H58N10O13S. The number of aliphatic hydroxyl groups excluding tert-OH is 2. The van der Waals surface area contributed by atoms with E-state index in [1.54, 1.807) is 6.92 Å². The summed E-state index contributed by atoms with van der Waals surface area (Å²) in [5.74, 6) is -6.02. The number of carboxylic acids is 1. The molecule has 1 aromatic heterocycles. The van der Waals surface area contributed by atoms with E-state index in [9.17, 15) is 52.8 Å². The molecule has 1 saturated carbocycles. The molecule has 6 atom stereocenters. The molecule has 6 rings (SSSR count). The lowest BCUT2D eigenvalue weighted by molar-refractivity contribution is -0.143. The van der Waals surface area contributed by atoms with Gasteiger partial charge in [0.05, 0.1) is 11.3 Å². The standard InChI is InChI=1S/C46H58N10O13S/c1-23-33(19-50-40(52-23)26-6-8-28(9-7-26)46(3)11-12-46)42(61)55-35(20-51-70(49,66)67)44(63)56(4)38-27-15-32(39(59)37(16-27)69-22-30(58)18-48)31-13-25(5-10-36(31)68-21-29(57)17-47)14-34(45(64)65)54-41(60)24(2)53-43(38)62/h5-10,13,15-16,19,24,29-30,34-35,38,51,57-59H,11-12,14,17-18,20-22,47-48H2,1-4H3,(H,53,62)(H,54,60)(H,55,61)(H,64,65)(H2,49,66,67)/t24-,29+,30+,34-,35-,38-/m0/s1. The molecule has 1 aliphatic carbocycles. The lowest BCUT2D eigenvalue weighted by atomic mass is 9.93. The van der Waals surface area contributed by atoms with Crippen LogP contribution in [0.4, 0.5) is 0 Å². The number of carbonyl (C=O) groups is 5. The maximum atomic E-state index is 14.8. The predicted molar refractivity (Wildman–Crippen MR) is 252 cm³/mol. The highest BCUT2D eigenvalue weighted by atomic mass is 32.2. The molecule has 23 nitrogen and oxygen atoms in total. The molecule has 2 heterocycles. The Morgan fingerprint density at radius 3 is 2.17 bits per heavy atom. The van der Waals surface area contributed by atoms with Crippen LogP contribution in [-0.4, -0.2) is 144 Å². The Labute approximate surface area is 403 Å². The Balaban J connectivity index is 1.45. The van der Waals surface area contributed by atoms with Crippen molar-refractivity contribution in [2.75, 3.05) is 39.9 Å². The molecule has 1 aliphatic heterocycles. The summed E-state index contributed by atoms with van der Waals surface area (Å²) in [5.41, 5.74) is 13.5. The Morgan fingerprint density at radius 2 is 1.59 bits per heavy atom. The molecule has 0 radical (unpaired) electrons. The fourth-order valence-corrected chi connectivity index (χ4v) is 8.03. The summed E-state index contributed by atoms with van der Waals surface area (Å²) < 4.78 is 38.2. The average molecular weight is 991 g/mol. The van der Waals surface area contributed by atoms with Crippen molar-refractivity contribution in [3.63, 3.8) is 0 Å². The van der Waals surface area contributed by atoms with Crippen molar-refractivity contribution >= 4 is 39.8 Å². The highest BCUT2D eigenvalue weighted by molar-refractivity contribution is 7.87. The first-order valence-electron chi connectivity index (χ1n) is 22.2. The zero-order valence-electron chi connectivity index (χ0n) is 38.8. The summed E-state index contributed by atoms with van der Waals surface area (Å²) in [4.78, 5) is 79.2. The van der Waals surface area contributed by atoms with Crippen molar-refractivity contribution < 1.29 is 62.3 Å². The molecule has 70 heavy (non-hydrogen) atoms. The number of aliphatic carboxylic acids is 1. The first-order chi connectivity index (χ1) is 33.0. The quantitative estimate of drug-likeness (QED) is 0.0569. The van der Waals surface area contributed by atoms with E-state index in [-0.39, 0.29) is 71.0 Å². The number of aryl methyl sites for hydroxylation is 1. The van der Waals surface area contributed by atoms with Gasteiger partial charge in [-0.25, -0.2) is 19.9 Å². The highest BCUT2D eigenvalue weighted by Gasteiger charge is 2.39. The Bertz CT molecular complexity index is 2740. The number of hydrogen-bond acceptors (Lipinski definition) is 16. The molecule has 14 N–H and O–H groups in total. The fourth-order valence-electron chi connectivity index (χ4n) is 7.63. The van der Waals surface area contributed by atoms with Gasteiger partial charge in [-0.05, 0) is 73.1 Å². The van der Waals surface area contributed by atoms with Gasteiger partial charge in [0, 0.05) is 56.0 Å². The first kappa shape index (κ1) is 52.6. The van der Waals surface area contributed by atoms with Crippen LogP contribution >= 0.6 is 0 Å². The Hall–Kier alpha value is -6.80. The maximum absolute atomic E-state index is 14.8. The number of nitrogens with one attached hydrogen (secondary N) is 4. The van der Waals surface area contributed by atoms with Crippen LogP contribution in [0.1, 0.15) is 65.5 Å². The molecule has 2 aliphatic rings. The Morgan fingerprint density at radius 1 is 0.943 bits per heavy atom. The van der Waals surface area contributed by atoms with Crippen LogP contribution in [0.2, 0.25) is 0 Å². The number of aliphatic hydroxyl groups is 2. The molecule has 24 heteroatoms. The lowest BCUT2D eigenvalue weighted by Crippen LogP contribution is -2.57. The molecule has 1 fully saturated rings. The van der Waals surface area contributed by atoms with Gasteiger partial charge in [0.2, 0.25) is 17.7 Å². The first-order valence-corrected chi connectivity index (χ1v) is 23.7. The lowest BCUT2D eigenvalue weighted by Gasteiger charge is -2.33. The van der Waals surface area contributed by atoms with Crippen molar-refractivity contribution in [2.45, 2.75) is 81.8 Å². The van der Waals surface area contributed by atoms with Crippen molar-refractivity contribution in [1.29, 1.82) is 0 Å². The van der Waals surface area contributed by atoms with Crippen molar-refractivity contribution in [2.24, 2.45) is 16.6 Å². The summed E-state index contributed by atoms with van der Waals surface area (Å²) >= 11 is 0. The van der Waals surface area contributed by atoms with Gasteiger partial charge in [-0.15, -0.1) is 0 Å². The van der Waals surface area contributed by atoms with Gasteiger partial charge in [-0.2, -0.15) is 13.1 Å². The van der Waals surface area contributed by atoms with E-state index in [4.69, 9.17) is 26.1 Å². The van der Waals surface area contributed by atoms with Gasteiger partial charge in [-0.1, -0.05) is 37.3 Å². The van der Waals surface area contributed by atoms with Crippen molar-refractivity contribution in [3.05, 3.63) is 88.7 Å². The van der Waals surface area contributed by atoms with E-state index < -0.39 is 95.1 Å². The van der Waals surface area contributed by atoms with Gasteiger partial charge in [0.1, 0.15) is 55.3 Å². The summed E-state index contributed by atoms with van der Waals surface area (Å²) in [6.45, 7) is 2.88. The number of benzene rings is 3.